The van der Waals surface area contributed by atoms with Crippen molar-refractivity contribution in [1.29, 1.82) is 0 Å². The van der Waals surface area contributed by atoms with Crippen LogP contribution in [0, 0.1) is 0 Å². The van der Waals surface area contributed by atoms with Gasteiger partial charge in [0.1, 0.15) is 16.5 Å². The monoisotopic (exact) mass is 345 g/mol. The van der Waals surface area contributed by atoms with Crippen molar-refractivity contribution in [3.05, 3.63) is 45.9 Å². The molecule has 0 radical (unpaired) electrons. The molecule has 2 aromatic rings. The first-order valence-electron chi connectivity index (χ1n) is 8.43. The maximum Gasteiger partial charge on any atom is 0.270 e. The minimum atomic E-state index is -0.0571. The lowest BCUT2D eigenvalue weighted by molar-refractivity contribution is 0.0946. The molecule has 0 spiro atoms. The van der Waals surface area contributed by atoms with Gasteiger partial charge in [0, 0.05) is 30.1 Å². The molecule has 1 saturated carbocycles. The molecule has 0 aliphatic heterocycles. The number of carbonyl (C=O) groups is 1. The highest BCUT2D eigenvalue weighted by Crippen LogP contribution is 2.20. The minimum Gasteiger partial charge on any atom is -0.493 e. The van der Waals surface area contributed by atoms with Crippen LogP contribution in [0.4, 0.5) is 0 Å². The highest BCUT2D eigenvalue weighted by Gasteiger charge is 2.24. The van der Waals surface area contributed by atoms with Crippen LogP contribution in [0.15, 0.2) is 29.6 Å². The van der Waals surface area contributed by atoms with Gasteiger partial charge in [0.2, 0.25) is 0 Å². The number of benzene rings is 1. The van der Waals surface area contributed by atoms with Gasteiger partial charge in [-0.2, -0.15) is 0 Å². The number of para-hydroxylation sites is 1. The van der Waals surface area contributed by atoms with Gasteiger partial charge in [0.05, 0.1) is 6.61 Å². The van der Waals surface area contributed by atoms with Gasteiger partial charge in [-0.05, 0) is 25.3 Å². The molecule has 3 rings (SSSR count). The van der Waals surface area contributed by atoms with Gasteiger partial charge >= 0.3 is 0 Å². The van der Waals surface area contributed by atoms with Crippen LogP contribution in [0.1, 0.15) is 47.2 Å². The fourth-order valence-electron chi connectivity index (χ4n) is 2.29. The average Bonchev–Trinajstić information content (AvgIpc) is 3.28. The van der Waals surface area contributed by atoms with E-state index in [2.05, 4.69) is 28.6 Å². The first-order valence-corrected chi connectivity index (χ1v) is 9.31. The van der Waals surface area contributed by atoms with Crippen LogP contribution in [0.2, 0.25) is 0 Å². The Bertz CT molecular complexity index is 682. The lowest BCUT2D eigenvalue weighted by atomic mass is 10.2. The lowest BCUT2D eigenvalue weighted by Crippen LogP contribution is -2.25. The SMILES string of the molecule is CCCOc1ccccc1CNCc1nc(C(=O)NC2CC2)cs1. The van der Waals surface area contributed by atoms with E-state index in [1.54, 1.807) is 0 Å². The summed E-state index contributed by atoms with van der Waals surface area (Å²) in [6, 6.07) is 8.42. The van der Waals surface area contributed by atoms with E-state index in [4.69, 9.17) is 4.74 Å². The maximum atomic E-state index is 11.9. The van der Waals surface area contributed by atoms with Crippen LogP contribution >= 0.6 is 11.3 Å². The van der Waals surface area contributed by atoms with Crippen molar-refractivity contribution in [3.63, 3.8) is 0 Å². The normalized spacial score (nSPS) is 13.7. The summed E-state index contributed by atoms with van der Waals surface area (Å²) in [5.41, 5.74) is 1.66. The molecule has 128 valence electrons. The molecule has 0 saturated heterocycles. The molecule has 1 aliphatic rings. The molecule has 1 aromatic carbocycles. The van der Waals surface area contributed by atoms with Crippen molar-refractivity contribution in [3.8, 4) is 5.75 Å². The number of aromatic nitrogens is 1. The Morgan fingerprint density at radius 1 is 1.33 bits per heavy atom. The molecule has 0 bridgehead atoms. The number of ether oxygens (including phenoxy) is 1. The number of thiazole rings is 1. The summed E-state index contributed by atoms with van der Waals surface area (Å²) in [4.78, 5) is 16.4. The summed E-state index contributed by atoms with van der Waals surface area (Å²) in [7, 11) is 0. The Labute approximate surface area is 146 Å². The molecule has 5 nitrogen and oxygen atoms in total. The maximum absolute atomic E-state index is 11.9. The molecule has 0 atom stereocenters. The summed E-state index contributed by atoms with van der Waals surface area (Å²) in [5.74, 6) is 0.869. The number of carbonyl (C=O) groups excluding carboxylic acids is 1. The van der Waals surface area contributed by atoms with E-state index in [0.29, 0.717) is 24.8 Å². The van der Waals surface area contributed by atoms with E-state index in [1.807, 2.05) is 23.6 Å². The second-order valence-corrected chi connectivity index (χ2v) is 6.88. The van der Waals surface area contributed by atoms with Crippen LogP contribution in [-0.2, 0) is 13.1 Å². The predicted octanol–water partition coefficient (Wildman–Crippen LogP) is 3.11. The third-order valence-electron chi connectivity index (χ3n) is 3.72. The molecule has 1 aliphatic carbocycles. The van der Waals surface area contributed by atoms with Crippen molar-refractivity contribution in [2.75, 3.05) is 6.61 Å². The van der Waals surface area contributed by atoms with Crippen LogP contribution < -0.4 is 15.4 Å². The highest BCUT2D eigenvalue weighted by atomic mass is 32.1. The van der Waals surface area contributed by atoms with Crippen LogP contribution in [0.3, 0.4) is 0 Å². The average molecular weight is 345 g/mol. The molecular weight excluding hydrogens is 322 g/mol. The van der Waals surface area contributed by atoms with Crippen molar-refractivity contribution in [2.45, 2.75) is 45.3 Å². The van der Waals surface area contributed by atoms with E-state index < -0.39 is 0 Å². The molecule has 24 heavy (non-hydrogen) atoms. The molecule has 0 unspecified atom stereocenters. The summed E-state index contributed by atoms with van der Waals surface area (Å²) < 4.78 is 5.76. The summed E-state index contributed by atoms with van der Waals surface area (Å²) in [6.07, 6.45) is 3.17. The number of hydrogen-bond acceptors (Lipinski definition) is 5. The van der Waals surface area contributed by atoms with Gasteiger partial charge in [-0.1, -0.05) is 25.1 Å². The molecule has 6 heteroatoms. The molecule has 1 aromatic heterocycles. The molecular formula is C18H23N3O2S. The van der Waals surface area contributed by atoms with Crippen molar-refractivity contribution >= 4 is 17.2 Å². The Kier molecular flexibility index (Phi) is 5.82. The molecule has 2 N–H and O–H groups in total. The topological polar surface area (TPSA) is 63.2 Å². The van der Waals surface area contributed by atoms with Crippen molar-refractivity contribution in [2.24, 2.45) is 0 Å². The van der Waals surface area contributed by atoms with Gasteiger partial charge in [-0.15, -0.1) is 11.3 Å². The van der Waals surface area contributed by atoms with E-state index >= 15 is 0 Å². The van der Waals surface area contributed by atoms with Crippen LogP contribution in [-0.4, -0.2) is 23.5 Å². The Morgan fingerprint density at radius 2 is 2.17 bits per heavy atom. The van der Waals surface area contributed by atoms with Crippen molar-refractivity contribution in [1.82, 2.24) is 15.6 Å². The predicted molar refractivity (Wildman–Crippen MR) is 95.4 cm³/mol. The fraction of sp³-hybridized carbons (Fsp3) is 0.444. The van der Waals surface area contributed by atoms with Gasteiger partial charge in [0.15, 0.2) is 0 Å². The zero-order chi connectivity index (χ0) is 16.8. The van der Waals surface area contributed by atoms with E-state index in [1.165, 1.54) is 11.3 Å². The van der Waals surface area contributed by atoms with E-state index in [0.717, 1.165) is 42.2 Å². The third kappa shape index (κ3) is 4.79. The molecule has 1 fully saturated rings. The number of nitrogens with one attached hydrogen (secondary N) is 2. The fourth-order valence-corrected chi connectivity index (χ4v) is 3.03. The first-order chi connectivity index (χ1) is 11.8. The van der Waals surface area contributed by atoms with Crippen molar-refractivity contribution < 1.29 is 9.53 Å². The summed E-state index contributed by atoms with van der Waals surface area (Å²) in [5, 5.41) is 9.08. The zero-order valence-electron chi connectivity index (χ0n) is 13.9. The summed E-state index contributed by atoms with van der Waals surface area (Å²) >= 11 is 1.51. The zero-order valence-corrected chi connectivity index (χ0v) is 14.7. The standard InChI is InChI=1S/C18H23N3O2S/c1-2-9-23-16-6-4-3-5-13(16)10-19-11-17-21-15(12-24-17)18(22)20-14-7-8-14/h3-6,12,14,19H,2,7-11H2,1H3,(H,20,22). The lowest BCUT2D eigenvalue weighted by Gasteiger charge is -2.11. The molecule has 1 amide bonds. The van der Waals surface area contributed by atoms with Gasteiger partial charge in [-0.3, -0.25) is 4.79 Å². The number of nitrogens with zero attached hydrogens (tertiary/aromatic N) is 1. The van der Waals surface area contributed by atoms with Gasteiger partial charge < -0.3 is 15.4 Å². The van der Waals surface area contributed by atoms with Crippen LogP contribution in [0.25, 0.3) is 0 Å². The Hall–Kier alpha value is -1.92. The van der Waals surface area contributed by atoms with E-state index in [-0.39, 0.29) is 5.91 Å². The number of rotatable bonds is 9. The quantitative estimate of drug-likeness (QED) is 0.733. The smallest absolute Gasteiger partial charge is 0.270 e. The van der Waals surface area contributed by atoms with Gasteiger partial charge in [0.25, 0.3) is 5.91 Å². The third-order valence-corrected chi connectivity index (χ3v) is 4.57. The Morgan fingerprint density at radius 3 is 2.96 bits per heavy atom. The number of amides is 1. The van der Waals surface area contributed by atoms with Gasteiger partial charge in [-0.25, -0.2) is 4.98 Å². The second kappa shape index (κ2) is 8.26. The summed E-state index contributed by atoms with van der Waals surface area (Å²) in [6.45, 7) is 4.18. The molecule has 1 heterocycles. The number of hydrogen-bond donors (Lipinski definition) is 2. The minimum absolute atomic E-state index is 0.0571. The highest BCUT2D eigenvalue weighted by molar-refractivity contribution is 7.09. The largest absolute Gasteiger partial charge is 0.493 e. The van der Waals surface area contributed by atoms with E-state index in [9.17, 15) is 4.79 Å². The second-order valence-electron chi connectivity index (χ2n) is 5.93. The first kappa shape index (κ1) is 16.9. The van der Waals surface area contributed by atoms with Crippen LogP contribution in [0.5, 0.6) is 5.75 Å². The Balaban J connectivity index is 1.49.